The molecule has 0 bridgehead atoms. The summed E-state index contributed by atoms with van der Waals surface area (Å²) in [7, 11) is 3.63. The Bertz CT molecular complexity index is 959. The van der Waals surface area contributed by atoms with E-state index in [-0.39, 0.29) is 6.03 Å². The smallest absolute Gasteiger partial charge is 0.319 e. The van der Waals surface area contributed by atoms with E-state index >= 15 is 0 Å². The van der Waals surface area contributed by atoms with Crippen LogP contribution in [0.25, 0.3) is 0 Å². The molecule has 0 N–H and O–H groups in total. The summed E-state index contributed by atoms with van der Waals surface area (Å²) in [4.78, 5) is 28.5. The van der Waals surface area contributed by atoms with Crippen LogP contribution in [0.4, 0.5) is 10.6 Å². The third-order valence-electron chi connectivity index (χ3n) is 6.47. The zero-order chi connectivity index (χ0) is 22.1. The lowest BCUT2D eigenvalue weighted by molar-refractivity contribution is 0.168. The molecule has 1 saturated carbocycles. The summed E-state index contributed by atoms with van der Waals surface area (Å²) < 4.78 is 0. The summed E-state index contributed by atoms with van der Waals surface area (Å²) in [5.41, 5.74) is 6.38. The summed E-state index contributed by atoms with van der Waals surface area (Å²) in [5, 5.41) is 0. The van der Waals surface area contributed by atoms with Gasteiger partial charge in [-0.1, -0.05) is 30.7 Å². The minimum absolute atomic E-state index is 0.0888. The Hall–Kier alpha value is -2.63. The van der Waals surface area contributed by atoms with E-state index in [1.165, 1.54) is 40.8 Å². The second kappa shape index (κ2) is 8.85. The number of urea groups is 1. The number of hydrogen-bond donors (Lipinski definition) is 0. The van der Waals surface area contributed by atoms with Crippen LogP contribution in [0, 0.1) is 13.8 Å². The highest BCUT2D eigenvalue weighted by atomic mass is 16.2. The number of carbonyl (C=O) groups excluding carboxylic acids is 1. The predicted octanol–water partition coefficient (Wildman–Crippen LogP) is 3.93. The second-order valence-electron chi connectivity index (χ2n) is 9.22. The van der Waals surface area contributed by atoms with Gasteiger partial charge in [-0.25, -0.2) is 14.8 Å². The molecule has 2 amide bonds. The molecule has 2 heterocycles. The van der Waals surface area contributed by atoms with Gasteiger partial charge in [0.15, 0.2) is 0 Å². The van der Waals surface area contributed by atoms with Gasteiger partial charge in [0.25, 0.3) is 0 Å². The Labute approximate surface area is 186 Å². The lowest BCUT2D eigenvalue weighted by atomic mass is 9.96. The van der Waals surface area contributed by atoms with Crippen LogP contribution < -0.4 is 4.90 Å². The van der Waals surface area contributed by atoms with Gasteiger partial charge in [0, 0.05) is 63.9 Å². The van der Waals surface area contributed by atoms with E-state index in [4.69, 9.17) is 9.97 Å². The molecule has 31 heavy (non-hydrogen) atoms. The quantitative estimate of drug-likeness (QED) is 0.734. The van der Waals surface area contributed by atoms with E-state index in [1.54, 1.807) is 4.90 Å². The lowest BCUT2D eigenvalue weighted by Crippen LogP contribution is -2.52. The lowest BCUT2D eigenvalue weighted by Gasteiger charge is -2.37. The van der Waals surface area contributed by atoms with Gasteiger partial charge in [-0.3, -0.25) is 0 Å². The third kappa shape index (κ3) is 4.68. The van der Waals surface area contributed by atoms with E-state index in [1.807, 2.05) is 19.0 Å². The minimum atomic E-state index is 0.0888. The van der Waals surface area contributed by atoms with Crippen molar-refractivity contribution in [1.82, 2.24) is 19.8 Å². The van der Waals surface area contributed by atoms with Crippen LogP contribution in [0.2, 0.25) is 0 Å². The van der Waals surface area contributed by atoms with Gasteiger partial charge in [-0.15, -0.1) is 0 Å². The average molecular weight is 422 g/mol. The number of benzene rings is 1. The standard InChI is InChI=1S/C25H35N5O/c1-6-22-21(16-20-15-17(2)7-8-18(20)3)24(27-23(26-22)19-9-10-19)29-11-13-30(14-12-29)25(31)28(4)5/h7-8,15,19H,6,9-14,16H2,1-5H3. The first-order valence-electron chi connectivity index (χ1n) is 11.5. The zero-order valence-corrected chi connectivity index (χ0v) is 19.6. The maximum Gasteiger partial charge on any atom is 0.319 e. The van der Waals surface area contributed by atoms with Gasteiger partial charge < -0.3 is 14.7 Å². The van der Waals surface area contributed by atoms with Gasteiger partial charge in [-0.2, -0.15) is 0 Å². The topological polar surface area (TPSA) is 52.6 Å². The van der Waals surface area contributed by atoms with Crippen molar-refractivity contribution >= 4 is 11.8 Å². The Morgan fingerprint density at radius 2 is 1.81 bits per heavy atom. The van der Waals surface area contributed by atoms with Crippen molar-refractivity contribution in [3.8, 4) is 0 Å². The minimum Gasteiger partial charge on any atom is -0.353 e. The van der Waals surface area contributed by atoms with Crippen LogP contribution in [-0.2, 0) is 12.8 Å². The van der Waals surface area contributed by atoms with Gasteiger partial charge in [0.1, 0.15) is 11.6 Å². The summed E-state index contributed by atoms with van der Waals surface area (Å²) in [6.07, 6.45) is 4.16. The normalized spacial score (nSPS) is 16.5. The fourth-order valence-corrected chi connectivity index (χ4v) is 4.37. The second-order valence-corrected chi connectivity index (χ2v) is 9.22. The summed E-state index contributed by atoms with van der Waals surface area (Å²) in [6, 6.07) is 6.77. The Morgan fingerprint density at radius 1 is 1.10 bits per heavy atom. The zero-order valence-electron chi connectivity index (χ0n) is 19.6. The SMILES string of the molecule is CCc1nc(C2CC2)nc(N2CCN(C(=O)N(C)C)CC2)c1Cc1cc(C)ccc1C. The molecule has 0 unspecified atom stereocenters. The van der Waals surface area contributed by atoms with Crippen molar-refractivity contribution in [3.63, 3.8) is 0 Å². The Morgan fingerprint density at radius 3 is 2.42 bits per heavy atom. The molecular weight excluding hydrogens is 386 g/mol. The van der Waals surface area contributed by atoms with Gasteiger partial charge in [0.2, 0.25) is 0 Å². The Kier molecular flexibility index (Phi) is 6.17. The van der Waals surface area contributed by atoms with Gasteiger partial charge >= 0.3 is 6.03 Å². The number of hydrogen-bond acceptors (Lipinski definition) is 4. The number of piperazine rings is 1. The maximum absolute atomic E-state index is 12.4. The molecule has 6 heteroatoms. The molecule has 0 spiro atoms. The molecule has 166 valence electrons. The molecule has 2 fully saturated rings. The summed E-state index contributed by atoms with van der Waals surface area (Å²) in [5.74, 6) is 2.63. The van der Waals surface area contributed by atoms with Crippen molar-refractivity contribution in [1.29, 1.82) is 0 Å². The van der Waals surface area contributed by atoms with Gasteiger partial charge in [-0.05, 0) is 44.2 Å². The summed E-state index contributed by atoms with van der Waals surface area (Å²) >= 11 is 0. The van der Waals surface area contributed by atoms with Crippen LogP contribution in [-0.4, -0.2) is 66.1 Å². The van der Waals surface area contributed by atoms with Crippen LogP contribution in [0.15, 0.2) is 18.2 Å². The van der Waals surface area contributed by atoms with E-state index in [0.717, 1.165) is 50.7 Å². The molecule has 1 aliphatic carbocycles. The molecule has 1 aromatic carbocycles. The average Bonchev–Trinajstić information content (AvgIpc) is 3.61. The molecule has 2 aromatic rings. The largest absolute Gasteiger partial charge is 0.353 e. The number of anilines is 1. The molecule has 1 aliphatic heterocycles. The number of aromatic nitrogens is 2. The first kappa shape index (κ1) is 21.6. The van der Waals surface area contributed by atoms with Crippen LogP contribution >= 0.6 is 0 Å². The monoisotopic (exact) mass is 421 g/mol. The molecular formula is C25H35N5O. The van der Waals surface area contributed by atoms with Crippen molar-refractivity contribution in [2.24, 2.45) is 0 Å². The van der Waals surface area contributed by atoms with Crippen molar-refractivity contribution in [2.45, 2.75) is 52.4 Å². The maximum atomic E-state index is 12.4. The highest BCUT2D eigenvalue weighted by molar-refractivity contribution is 5.74. The molecule has 4 rings (SSSR count). The fourth-order valence-electron chi connectivity index (χ4n) is 4.37. The predicted molar refractivity (Wildman–Crippen MR) is 125 cm³/mol. The number of nitrogens with zero attached hydrogens (tertiary/aromatic N) is 5. The van der Waals surface area contributed by atoms with E-state index in [9.17, 15) is 4.79 Å². The van der Waals surface area contributed by atoms with E-state index < -0.39 is 0 Å². The highest BCUT2D eigenvalue weighted by Gasteiger charge is 2.31. The molecule has 0 atom stereocenters. The Balaban J connectivity index is 1.67. The first-order chi connectivity index (χ1) is 14.9. The third-order valence-corrected chi connectivity index (χ3v) is 6.47. The molecule has 1 saturated heterocycles. The van der Waals surface area contributed by atoms with Crippen LogP contribution in [0.5, 0.6) is 0 Å². The van der Waals surface area contributed by atoms with Crippen LogP contribution in [0.3, 0.4) is 0 Å². The fraction of sp³-hybridized carbons (Fsp3) is 0.560. The van der Waals surface area contributed by atoms with Crippen molar-refractivity contribution in [2.75, 3.05) is 45.2 Å². The molecule has 2 aliphatic rings. The first-order valence-corrected chi connectivity index (χ1v) is 11.5. The van der Waals surface area contributed by atoms with Crippen LogP contribution in [0.1, 0.15) is 59.5 Å². The summed E-state index contributed by atoms with van der Waals surface area (Å²) in [6.45, 7) is 9.61. The van der Waals surface area contributed by atoms with E-state index in [0.29, 0.717) is 5.92 Å². The van der Waals surface area contributed by atoms with Crippen molar-refractivity contribution in [3.05, 3.63) is 52.0 Å². The van der Waals surface area contributed by atoms with Gasteiger partial charge in [0.05, 0.1) is 0 Å². The number of amides is 2. The van der Waals surface area contributed by atoms with Crippen molar-refractivity contribution < 1.29 is 4.79 Å². The number of aryl methyl sites for hydroxylation is 3. The number of rotatable bonds is 5. The van der Waals surface area contributed by atoms with E-state index in [2.05, 4.69) is 43.9 Å². The molecule has 0 radical (unpaired) electrons. The highest BCUT2D eigenvalue weighted by Crippen LogP contribution is 2.40. The number of carbonyl (C=O) groups is 1. The molecule has 1 aromatic heterocycles. The molecule has 6 nitrogen and oxygen atoms in total.